The van der Waals surface area contributed by atoms with Crippen molar-refractivity contribution in [2.45, 2.75) is 100 Å². The number of hydrogen-bond acceptors (Lipinski definition) is 8. The van der Waals surface area contributed by atoms with Crippen LogP contribution < -0.4 is 4.74 Å². The van der Waals surface area contributed by atoms with Gasteiger partial charge in [0, 0.05) is 0 Å². The zero-order valence-corrected chi connectivity index (χ0v) is 20.3. The van der Waals surface area contributed by atoms with E-state index >= 15 is 0 Å². The van der Waals surface area contributed by atoms with Crippen molar-refractivity contribution in [1.29, 1.82) is 0 Å². The zero-order valence-electron chi connectivity index (χ0n) is 20.3. The highest BCUT2D eigenvalue weighted by molar-refractivity contribution is 5.37. The fourth-order valence-corrected chi connectivity index (χ4v) is 8.14. The van der Waals surface area contributed by atoms with Crippen LogP contribution in [-0.2, 0) is 20.1 Å². The molecule has 8 heteroatoms. The van der Waals surface area contributed by atoms with Gasteiger partial charge < -0.3 is 29.9 Å². The maximum absolute atomic E-state index is 10.4. The van der Waals surface area contributed by atoms with Crippen molar-refractivity contribution >= 4 is 0 Å². The SMILES string of the molecule is CC1(c2cccc(O[C@@H]3OC(CO)[C@@H](O)[C@H](O)C3O)c2)OOC12C1CCCC2C2CCCCC2C1. The molecule has 5 fully saturated rings. The maximum atomic E-state index is 10.4. The first-order valence-corrected chi connectivity index (χ1v) is 13.3. The van der Waals surface area contributed by atoms with E-state index in [9.17, 15) is 20.4 Å². The lowest BCUT2D eigenvalue weighted by atomic mass is 9.46. The summed E-state index contributed by atoms with van der Waals surface area (Å²) in [6.07, 6.45) is 3.48. The van der Waals surface area contributed by atoms with Crippen molar-refractivity contribution in [3.05, 3.63) is 29.8 Å². The molecular weight excluding hydrogens is 452 g/mol. The average Bonchev–Trinajstić information content (AvgIpc) is 2.87. The van der Waals surface area contributed by atoms with Gasteiger partial charge in [0.2, 0.25) is 6.29 Å². The van der Waals surface area contributed by atoms with Crippen molar-refractivity contribution < 1.29 is 39.7 Å². The summed E-state index contributed by atoms with van der Waals surface area (Å²) in [5, 5.41) is 40.1. The molecule has 6 rings (SSSR count). The van der Waals surface area contributed by atoms with Crippen molar-refractivity contribution in [3.63, 3.8) is 0 Å². The number of aliphatic hydroxyl groups is 4. The van der Waals surface area contributed by atoms with Crippen LogP contribution >= 0.6 is 0 Å². The molecule has 2 heterocycles. The summed E-state index contributed by atoms with van der Waals surface area (Å²) in [5.41, 5.74) is 0.00262. The fraction of sp³-hybridized carbons (Fsp3) is 0.778. The van der Waals surface area contributed by atoms with Gasteiger partial charge in [0.1, 0.15) is 35.8 Å². The average molecular weight is 491 g/mol. The van der Waals surface area contributed by atoms with Crippen LogP contribution in [0.5, 0.6) is 5.75 Å². The molecule has 0 aromatic heterocycles. The maximum Gasteiger partial charge on any atom is 0.229 e. The van der Waals surface area contributed by atoms with Gasteiger partial charge >= 0.3 is 0 Å². The summed E-state index contributed by atoms with van der Waals surface area (Å²) < 4.78 is 11.5. The first-order valence-electron chi connectivity index (χ1n) is 13.3. The molecule has 3 saturated carbocycles. The first-order chi connectivity index (χ1) is 16.9. The number of rotatable bonds is 4. The molecule has 1 aromatic rings. The van der Waals surface area contributed by atoms with Crippen molar-refractivity contribution in [1.82, 2.24) is 0 Å². The molecular formula is C27H38O8. The number of benzene rings is 1. The van der Waals surface area contributed by atoms with Crippen molar-refractivity contribution in [3.8, 4) is 5.75 Å². The third-order valence-electron chi connectivity index (χ3n) is 9.87. The Morgan fingerprint density at radius 2 is 1.80 bits per heavy atom. The lowest BCUT2D eigenvalue weighted by Crippen LogP contribution is -2.74. The molecule has 194 valence electrons. The molecule has 4 N–H and O–H groups in total. The third-order valence-corrected chi connectivity index (χ3v) is 9.87. The van der Waals surface area contributed by atoms with Crippen molar-refractivity contribution in [2.24, 2.45) is 23.7 Å². The molecule has 11 atom stereocenters. The Bertz CT molecular complexity index is 924. The minimum absolute atomic E-state index is 0.342. The van der Waals surface area contributed by atoms with E-state index in [1.165, 1.54) is 51.4 Å². The summed E-state index contributed by atoms with van der Waals surface area (Å²) in [4.78, 5) is 12.2. The number of ether oxygens (including phenoxy) is 2. The largest absolute Gasteiger partial charge is 0.462 e. The van der Waals surface area contributed by atoms with Gasteiger partial charge in [-0.15, -0.1) is 0 Å². The Labute approximate surface area is 206 Å². The smallest absolute Gasteiger partial charge is 0.229 e. The molecule has 2 bridgehead atoms. The third kappa shape index (κ3) is 3.52. The highest BCUT2D eigenvalue weighted by Crippen LogP contribution is 2.67. The summed E-state index contributed by atoms with van der Waals surface area (Å²) in [6.45, 7) is 1.64. The fourth-order valence-electron chi connectivity index (χ4n) is 8.14. The monoisotopic (exact) mass is 490 g/mol. The molecule has 3 aliphatic carbocycles. The summed E-state index contributed by atoms with van der Waals surface area (Å²) in [7, 11) is 0. The summed E-state index contributed by atoms with van der Waals surface area (Å²) >= 11 is 0. The topological polar surface area (TPSA) is 118 Å². The van der Waals surface area contributed by atoms with Crippen LogP contribution in [0.3, 0.4) is 0 Å². The van der Waals surface area contributed by atoms with Gasteiger partial charge in [-0.05, 0) is 74.0 Å². The standard InChI is InChI=1S/C27H38O8/c1-26(27(35-34-26)17-8-5-11-20(27)19-10-3-2-6-15(19)12-17)16-7-4-9-18(13-16)32-25-24(31)23(30)22(29)21(14-28)33-25/h4,7,9,13,15,17,19-25,28-31H,2-3,5-6,8,10-12,14H2,1H3/t15?,17?,19?,20?,21?,22-,23+,24?,25-,26?,27?/m1/s1. The predicted molar refractivity (Wildman–Crippen MR) is 124 cm³/mol. The molecule has 1 spiro atoms. The minimum atomic E-state index is -1.48. The van der Waals surface area contributed by atoms with Gasteiger partial charge in [0.25, 0.3) is 0 Å². The van der Waals surface area contributed by atoms with E-state index in [1.807, 2.05) is 18.2 Å². The van der Waals surface area contributed by atoms with Crippen LogP contribution in [0, 0.1) is 23.7 Å². The van der Waals surface area contributed by atoms with Crippen LogP contribution in [0.1, 0.15) is 63.9 Å². The lowest BCUT2D eigenvalue weighted by Gasteiger charge is -2.68. The Balaban J connectivity index is 1.28. The number of hydrogen-bond donors (Lipinski definition) is 4. The van der Waals surface area contributed by atoms with Crippen LogP contribution in [0.2, 0.25) is 0 Å². The van der Waals surface area contributed by atoms with Crippen LogP contribution in [0.15, 0.2) is 24.3 Å². The van der Waals surface area contributed by atoms with Gasteiger partial charge in [-0.1, -0.05) is 37.8 Å². The van der Waals surface area contributed by atoms with E-state index in [-0.39, 0.29) is 5.60 Å². The second kappa shape index (κ2) is 8.94. The minimum Gasteiger partial charge on any atom is -0.462 e. The predicted octanol–water partition coefficient (Wildman–Crippen LogP) is 2.41. The summed E-state index contributed by atoms with van der Waals surface area (Å²) in [5.74, 6) is 2.90. The van der Waals surface area contributed by atoms with Crippen LogP contribution in [-0.4, -0.2) is 63.3 Å². The summed E-state index contributed by atoms with van der Waals surface area (Å²) in [6, 6.07) is 7.58. The van der Waals surface area contributed by atoms with E-state index in [4.69, 9.17) is 19.2 Å². The molecule has 8 nitrogen and oxygen atoms in total. The molecule has 0 amide bonds. The number of aliphatic hydroxyl groups excluding tert-OH is 4. The first kappa shape index (κ1) is 24.1. The molecule has 8 unspecified atom stereocenters. The Kier molecular flexibility index (Phi) is 6.16. The van der Waals surface area contributed by atoms with E-state index < -0.39 is 42.9 Å². The van der Waals surface area contributed by atoms with Crippen LogP contribution in [0.25, 0.3) is 0 Å². The Morgan fingerprint density at radius 1 is 0.971 bits per heavy atom. The van der Waals surface area contributed by atoms with Gasteiger partial charge in [-0.3, -0.25) is 0 Å². The second-order valence-corrected chi connectivity index (χ2v) is 11.5. The molecule has 35 heavy (non-hydrogen) atoms. The highest BCUT2D eigenvalue weighted by atomic mass is 17.3. The van der Waals surface area contributed by atoms with Gasteiger partial charge in [0.15, 0.2) is 5.60 Å². The molecule has 5 aliphatic rings. The van der Waals surface area contributed by atoms with Crippen molar-refractivity contribution in [2.75, 3.05) is 6.61 Å². The molecule has 0 radical (unpaired) electrons. The Hall–Kier alpha value is -1.26. The normalized spacial score (nSPS) is 49.2. The van der Waals surface area contributed by atoms with E-state index in [2.05, 4.69) is 6.92 Å². The Morgan fingerprint density at radius 3 is 2.57 bits per heavy atom. The number of fused-ring (bicyclic) bond motifs is 2. The molecule has 1 aromatic carbocycles. The quantitative estimate of drug-likeness (QED) is 0.476. The van der Waals surface area contributed by atoms with Crippen LogP contribution in [0.4, 0.5) is 0 Å². The molecule has 2 saturated heterocycles. The second-order valence-electron chi connectivity index (χ2n) is 11.5. The lowest BCUT2D eigenvalue weighted by molar-refractivity contribution is -0.590. The van der Waals surface area contributed by atoms with Gasteiger partial charge in [-0.2, -0.15) is 0 Å². The van der Waals surface area contributed by atoms with E-state index in [0.29, 0.717) is 23.5 Å². The highest BCUT2D eigenvalue weighted by Gasteiger charge is 2.73. The van der Waals surface area contributed by atoms with Gasteiger partial charge in [-0.25, -0.2) is 9.78 Å². The van der Waals surface area contributed by atoms with Gasteiger partial charge in [0.05, 0.1) is 6.61 Å². The zero-order chi connectivity index (χ0) is 24.4. The van der Waals surface area contributed by atoms with E-state index in [0.717, 1.165) is 11.5 Å². The molecule has 2 aliphatic heterocycles. The van der Waals surface area contributed by atoms with E-state index in [1.54, 1.807) is 6.07 Å².